The number of carbonyl (C=O) groups is 1. The molecule has 0 bridgehead atoms. The van der Waals surface area contributed by atoms with Crippen LogP contribution in [0.2, 0.25) is 0 Å². The number of carbonyl (C=O) groups excluding carboxylic acids is 1. The van der Waals surface area contributed by atoms with Crippen LogP contribution in [0.1, 0.15) is 23.8 Å². The minimum Gasteiger partial charge on any atom is -0.348 e. The topological polar surface area (TPSA) is 91.9 Å². The Balaban J connectivity index is 2.51. The average Bonchev–Trinajstić information content (AvgIpc) is 2.27. The van der Waals surface area contributed by atoms with Crippen molar-refractivity contribution in [3.05, 3.63) is 28.2 Å². The van der Waals surface area contributed by atoms with Crippen LogP contribution in [-0.4, -0.2) is 38.4 Å². The molecule has 1 amide bonds. The third kappa shape index (κ3) is 4.90. The summed E-state index contributed by atoms with van der Waals surface area (Å²) in [6, 6.07) is 2.52. The van der Waals surface area contributed by atoms with E-state index in [1.807, 2.05) is 6.92 Å². The highest BCUT2D eigenvalue weighted by molar-refractivity contribution is 7.84. The van der Waals surface area contributed by atoms with Crippen molar-refractivity contribution in [2.75, 3.05) is 12.0 Å². The summed E-state index contributed by atoms with van der Waals surface area (Å²) in [5.74, 6) is 0.191. The van der Waals surface area contributed by atoms with Crippen molar-refractivity contribution >= 4 is 16.7 Å². The Morgan fingerprint density at radius 1 is 1.59 bits per heavy atom. The Bertz CT molecular complexity index is 452. The molecule has 0 saturated carbocycles. The molecule has 1 heterocycles. The van der Waals surface area contributed by atoms with Gasteiger partial charge in [0, 0.05) is 34.9 Å². The number of nitrogens with one attached hydrogen (secondary N) is 2. The Kier molecular flexibility index (Phi) is 5.02. The largest absolute Gasteiger partial charge is 0.348 e. The third-order valence-corrected chi connectivity index (χ3v) is 2.94. The van der Waals surface area contributed by atoms with Crippen molar-refractivity contribution in [1.29, 1.82) is 0 Å². The zero-order valence-electron chi connectivity index (χ0n) is 9.73. The number of amides is 1. The first-order chi connectivity index (χ1) is 7.99. The van der Waals surface area contributed by atoms with Gasteiger partial charge in [0.1, 0.15) is 5.69 Å². The number of aromatic amines is 1. The van der Waals surface area contributed by atoms with Crippen LogP contribution in [0, 0.1) is 0 Å². The molecule has 0 fully saturated rings. The van der Waals surface area contributed by atoms with Gasteiger partial charge in [-0.2, -0.15) is 5.10 Å². The van der Waals surface area contributed by atoms with Gasteiger partial charge in [0.25, 0.3) is 11.5 Å². The van der Waals surface area contributed by atoms with Gasteiger partial charge in [-0.3, -0.25) is 13.8 Å². The quantitative estimate of drug-likeness (QED) is 0.754. The molecular weight excluding hydrogens is 242 g/mol. The van der Waals surface area contributed by atoms with Gasteiger partial charge in [0.05, 0.1) is 0 Å². The summed E-state index contributed by atoms with van der Waals surface area (Å²) in [7, 11) is -0.863. The Labute approximate surface area is 101 Å². The maximum Gasteiger partial charge on any atom is 0.271 e. The van der Waals surface area contributed by atoms with Gasteiger partial charge in [-0.15, -0.1) is 0 Å². The first-order valence-electron chi connectivity index (χ1n) is 5.15. The molecule has 0 spiro atoms. The van der Waals surface area contributed by atoms with E-state index in [-0.39, 0.29) is 23.2 Å². The summed E-state index contributed by atoms with van der Waals surface area (Å²) >= 11 is 0. The van der Waals surface area contributed by atoms with Gasteiger partial charge in [-0.25, -0.2) is 5.10 Å². The predicted octanol–water partition coefficient (Wildman–Crippen LogP) is -0.343. The molecule has 6 nitrogen and oxygen atoms in total. The summed E-state index contributed by atoms with van der Waals surface area (Å²) in [5.41, 5.74) is -0.190. The van der Waals surface area contributed by atoms with E-state index in [4.69, 9.17) is 0 Å². The lowest BCUT2D eigenvalue weighted by atomic mass is 10.2. The Hall–Kier alpha value is -1.50. The van der Waals surface area contributed by atoms with Crippen LogP contribution in [-0.2, 0) is 10.8 Å². The van der Waals surface area contributed by atoms with Crippen molar-refractivity contribution < 1.29 is 9.00 Å². The normalized spacial score (nSPS) is 14.0. The molecule has 1 aromatic rings. The predicted molar refractivity (Wildman–Crippen MR) is 65.3 cm³/mol. The van der Waals surface area contributed by atoms with Crippen molar-refractivity contribution in [2.24, 2.45) is 0 Å². The summed E-state index contributed by atoms with van der Waals surface area (Å²) in [6.07, 6.45) is 2.26. The van der Waals surface area contributed by atoms with Crippen LogP contribution < -0.4 is 10.9 Å². The van der Waals surface area contributed by atoms with Crippen molar-refractivity contribution in [3.8, 4) is 0 Å². The average molecular weight is 257 g/mol. The van der Waals surface area contributed by atoms with Crippen molar-refractivity contribution in [1.82, 2.24) is 15.5 Å². The minimum absolute atomic E-state index is 0.0832. The second kappa shape index (κ2) is 6.29. The fourth-order valence-electron chi connectivity index (χ4n) is 1.18. The van der Waals surface area contributed by atoms with E-state index in [1.165, 1.54) is 12.1 Å². The maximum atomic E-state index is 11.6. The molecular formula is C10H15N3O3S. The van der Waals surface area contributed by atoms with E-state index >= 15 is 0 Å². The molecule has 0 aliphatic heterocycles. The van der Waals surface area contributed by atoms with Crippen LogP contribution in [0.5, 0.6) is 0 Å². The Morgan fingerprint density at radius 3 is 2.82 bits per heavy atom. The molecule has 1 rings (SSSR count). The molecule has 2 atom stereocenters. The van der Waals surface area contributed by atoms with E-state index in [9.17, 15) is 13.8 Å². The number of hydrogen-bond donors (Lipinski definition) is 2. The fraction of sp³-hybridized carbons (Fsp3) is 0.500. The number of rotatable bonds is 5. The summed E-state index contributed by atoms with van der Waals surface area (Å²) in [4.78, 5) is 22.4. The first kappa shape index (κ1) is 13.6. The number of nitrogens with zero attached hydrogens (tertiary/aromatic N) is 1. The maximum absolute atomic E-state index is 11.6. The minimum atomic E-state index is -0.863. The molecule has 0 radical (unpaired) electrons. The molecule has 0 aliphatic rings. The van der Waals surface area contributed by atoms with Gasteiger partial charge in [-0.1, -0.05) is 0 Å². The second-order valence-corrected chi connectivity index (χ2v) is 5.30. The molecule has 1 aromatic heterocycles. The molecule has 7 heteroatoms. The van der Waals surface area contributed by atoms with Gasteiger partial charge >= 0.3 is 0 Å². The second-order valence-electron chi connectivity index (χ2n) is 3.75. The third-order valence-electron chi connectivity index (χ3n) is 2.13. The van der Waals surface area contributed by atoms with E-state index < -0.39 is 10.8 Å². The molecule has 0 aliphatic carbocycles. The fourth-order valence-corrected chi connectivity index (χ4v) is 1.87. The number of H-pyrrole nitrogens is 1. The molecule has 2 N–H and O–H groups in total. The first-order valence-corrected chi connectivity index (χ1v) is 6.88. The van der Waals surface area contributed by atoms with Crippen LogP contribution in [0.25, 0.3) is 0 Å². The molecule has 94 valence electrons. The van der Waals surface area contributed by atoms with Crippen LogP contribution in [0.15, 0.2) is 16.9 Å². The van der Waals surface area contributed by atoms with Crippen molar-refractivity contribution in [2.45, 2.75) is 19.4 Å². The van der Waals surface area contributed by atoms with Gasteiger partial charge in [-0.05, 0) is 19.4 Å². The zero-order chi connectivity index (χ0) is 12.8. The van der Waals surface area contributed by atoms with Crippen LogP contribution >= 0.6 is 0 Å². The smallest absolute Gasteiger partial charge is 0.271 e. The summed E-state index contributed by atoms with van der Waals surface area (Å²) in [5, 5.41) is 8.52. The van der Waals surface area contributed by atoms with Crippen LogP contribution in [0.3, 0.4) is 0 Å². The zero-order valence-corrected chi connectivity index (χ0v) is 10.5. The molecule has 0 saturated heterocycles. The molecule has 0 aromatic carbocycles. The molecule has 2 unspecified atom stereocenters. The van der Waals surface area contributed by atoms with E-state index in [0.717, 1.165) is 0 Å². The highest BCUT2D eigenvalue weighted by Crippen LogP contribution is 1.96. The van der Waals surface area contributed by atoms with Gasteiger partial charge in [0.15, 0.2) is 0 Å². The van der Waals surface area contributed by atoms with Crippen molar-refractivity contribution in [3.63, 3.8) is 0 Å². The van der Waals surface area contributed by atoms with E-state index in [0.29, 0.717) is 12.2 Å². The highest BCUT2D eigenvalue weighted by Gasteiger charge is 2.11. The standard InChI is InChI=1S/C10H15N3O3S/c1-7(5-6-17(2)16)11-10(15)8-3-4-9(14)13-12-8/h3-4,7H,5-6H2,1-2H3,(H,11,15)(H,13,14). The lowest BCUT2D eigenvalue weighted by Crippen LogP contribution is -2.34. The number of hydrogen-bond acceptors (Lipinski definition) is 4. The van der Waals surface area contributed by atoms with Crippen LogP contribution in [0.4, 0.5) is 0 Å². The SMILES string of the molecule is CC(CCS(C)=O)NC(=O)c1ccc(=O)[nH]n1. The van der Waals surface area contributed by atoms with Gasteiger partial charge < -0.3 is 5.32 Å². The monoisotopic (exact) mass is 257 g/mol. The van der Waals surface area contributed by atoms with Gasteiger partial charge in [0.2, 0.25) is 0 Å². The lowest BCUT2D eigenvalue weighted by Gasteiger charge is -2.12. The highest BCUT2D eigenvalue weighted by atomic mass is 32.2. The molecule has 17 heavy (non-hydrogen) atoms. The number of aromatic nitrogens is 2. The summed E-state index contributed by atoms with van der Waals surface area (Å²) < 4.78 is 10.9. The Morgan fingerprint density at radius 2 is 2.29 bits per heavy atom. The van der Waals surface area contributed by atoms with E-state index in [2.05, 4.69) is 15.5 Å². The lowest BCUT2D eigenvalue weighted by molar-refractivity contribution is 0.0933. The van der Waals surface area contributed by atoms with E-state index in [1.54, 1.807) is 6.26 Å². The summed E-state index contributed by atoms with van der Waals surface area (Å²) in [6.45, 7) is 1.83.